The minimum absolute atomic E-state index is 0.166. The molecule has 0 unspecified atom stereocenters. The molecule has 0 aromatic heterocycles. The molecule has 1 aliphatic heterocycles. The quantitative estimate of drug-likeness (QED) is 0.291. The normalized spacial score (nSPS) is 14.8. The zero-order valence-corrected chi connectivity index (χ0v) is 19.9. The second-order valence-corrected chi connectivity index (χ2v) is 9.23. The second-order valence-electron chi connectivity index (χ2n) is 7.12. The van der Waals surface area contributed by atoms with Crippen LogP contribution in [0.4, 0.5) is 5.69 Å². The van der Waals surface area contributed by atoms with E-state index >= 15 is 0 Å². The van der Waals surface area contributed by atoms with Gasteiger partial charge < -0.3 is 9.47 Å². The lowest BCUT2D eigenvalue weighted by molar-refractivity contribution is -0.113. The van der Waals surface area contributed by atoms with Gasteiger partial charge in [-0.15, -0.1) is 0 Å². The predicted molar refractivity (Wildman–Crippen MR) is 136 cm³/mol. The van der Waals surface area contributed by atoms with Gasteiger partial charge in [0.1, 0.15) is 6.61 Å². The smallest absolute Gasteiger partial charge is 0.270 e. The highest BCUT2D eigenvalue weighted by atomic mass is 35.5. The van der Waals surface area contributed by atoms with Crippen molar-refractivity contribution in [2.45, 2.75) is 13.5 Å². The first-order valence-corrected chi connectivity index (χ1v) is 11.5. The standard InChI is InChI=1S/C25H20ClNO3S2/c1-16-5-3-4-6-18(16)15-30-21-12-7-17(13-22(21)29-2)14-23-24(28)27(25(31)32-23)20-10-8-19(26)9-11-20/h3-14H,15H2,1-2H3/b23-14-. The van der Waals surface area contributed by atoms with E-state index in [0.29, 0.717) is 38.0 Å². The molecule has 1 fully saturated rings. The molecule has 3 aromatic carbocycles. The number of hydrogen-bond donors (Lipinski definition) is 0. The summed E-state index contributed by atoms with van der Waals surface area (Å²) < 4.78 is 12.0. The van der Waals surface area contributed by atoms with E-state index in [0.717, 1.165) is 11.1 Å². The highest BCUT2D eigenvalue weighted by Crippen LogP contribution is 2.37. The van der Waals surface area contributed by atoms with Crippen molar-refractivity contribution in [1.82, 2.24) is 0 Å². The van der Waals surface area contributed by atoms with Crippen LogP contribution in [0.3, 0.4) is 0 Å². The second kappa shape index (κ2) is 9.77. The van der Waals surface area contributed by atoms with E-state index in [1.165, 1.54) is 22.2 Å². The molecule has 7 heteroatoms. The number of rotatable bonds is 6. The molecule has 32 heavy (non-hydrogen) atoms. The molecule has 3 aromatic rings. The zero-order chi connectivity index (χ0) is 22.7. The van der Waals surface area contributed by atoms with Gasteiger partial charge in [-0.1, -0.05) is 65.9 Å². The maximum absolute atomic E-state index is 13.0. The van der Waals surface area contributed by atoms with Gasteiger partial charge >= 0.3 is 0 Å². The number of aryl methyl sites for hydroxylation is 1. The van der Waals surface area contributed by atoms with Crippen molar-refractivity contribution in [1.29, 1.82) is 0 Å². The van der Waals surface area contributed by atoms with Crippen molar-refractivity contribution in [3.05, 3.63) is 93.3 Å². The van der Waals surface area contributed by atoms with Crippen LogP contribution in [0.25, 0.3) is 6.08 Å². The van der Waals surface area contributed by atoms with Crippen LogP contribution in [0.15, 0.2) is 71.6 Å². The Morgan fingerprint density at radius 1 is 1.06 bits per heavy atom. The number of anilines is 1. The lowest BCUT2D eigenvalue weighted by Gasteiger charge is -2.14. The third kappa shape index (κ3) is 4.83. The van der Waals surface area contributed by atoms with Gasteiger partial charge in [-0.25, -0.2) is 0 Å². The summed E-state index contributed by atoms with van der Waals surface area (Å²) in [4.78, 5) is 15.0. The largest absolute Gasteiger partial charge is 0.493 e. The van der Waals surface area contributed by atoms with Gasteiger partial charge in [0.05, 0.1) is 17.7 Å². The first kappa shape index (κ1) is 22.4. The summed E-state index contributed by atoms with van der Waals surface area (Å²) in [5.41, 5.74) is 3.80. The Hall–Kier alpha value is -2.80. The van der Waals surface area contributed by atoms with Crippen LogP contribution in [-0.4, -0.2) is 17.3 Å². The fourth-order valence-electron chi connectivity index (χ4n) is 3.25. The molecule has 0 spiro atoms. The summed E-state index contributed by atoms with van der Waals surface area (Å²) in [6.07, 6.45) is 1.81. The van der Waals surface area contributed by atoms with Crippen molar-refractivity contribution in [2.75, 3.05) is 12.0 Å². The number of carbonyl (C=O) groups is 1. The zero-order valence-electron chi connectivity index (χ0n) is 17.5. The summed E-state index contributed by atoms with van der Waals surface area (Å²) in [6.45, 7) is 2.50. The molecule has 1 amide bonds. The molecule has 4 rings (SSSR count). The lowest BCUT2D eigenvalue weighted by atomic mass is 10.1. The Kier molecular flexibility index (Phi) is 6.84. The van der Waals surface area contributed by atoms with E-state index in [4.69, 9.17) is 33.3 Å². The van der Waals surface area contributed by atoms with E-state index in [2.05, 4.69) is 13.0 Å². The van der Waals surface area contributed by atoms with Crippen molar-refractivity contribution in [2.24, 2.45) is 0 Å². The molecule has 0 bridgehead atoms. The van der Waals surface area contributed by atoms with E-state index in [9.17, 15) is 4.79 Å². The fourth-order valence-corrected chi connectivity index (χ4v) is 4.68. The number of benzene rings is 3. The van der Waals surface area contributed by atoms with Crippen LogP contribution >= 0.6 is 35.6 Å². The Morgan fingerprint density at radius 3 is 2.53 bits per heavy atom. The molecule has 1 heterocycles. The van der Waals surface area contributed by atoms with Gasteiger partial charge in [0.25, 0.3) is 5.91 Å². The Bertz CT molecular complexity index is 1210. The molecule has 0 atom stereocenters. The Labute approximate surface area is 201 Å². The first-order chi connectivity index (χ1) is 15.5. The minimum atomic E-state index is -0.166. The first-order valence-electron chi connectivity index (χ1n) is 9.85. The van der Waals surface area contributed by atoms with Crippen molar-refractivity contribution in [3.63, 3.8) is 0 Å². The number of nitrogens with zero attached hydrogens (tertiary/aromatic N) is 1. The number of amides is 1. The van der Waals surface area contributed by atoms with E-state index in [1.807, 2.05) is 42.5 Å². The predicted octanol–water partition coefficient (Wildman–Crippen LogP) is 6.64. The number of halogens is 1. The molecule has 162 valence electrons. The molecule has 0 aliphatic carbocycles. The molecular formula is C25H20ClNO3S2. The van der Waals surface area contributed by atoms with Crippen LogP contribution < -0.4 is 14.4 Å². The van der Waals surface area contributed by atoms with Crippen molar-refractivity contribution < 1.29 is 14.3 Å². The summed E-state index contributed by atoms with van der Waals surface area (Å²) in [5, 5.41) is 0.603. The number of thioether (sulfide) groups is 1. The van der Waals surface area contributed by atoms with E-state index < -0.39 is 0 Å². The van der Waals surface area contributed by atoms with Gasteiger partial charge in [0.2, 0.25) is 0 Å². The molecular weight excluding hydrogens is 462 g/mol. The van der Waals surface area contributed by atoms with Crippen LogP contribution in [0.1, 0.15) is 16.7 Å². The van der Waals surface area contributed by atoms with E-state index in [-0.39, 0.29) is 5.91 Å². The minimum Gasteiger partial charge on any atom is -0.493 e. The van der Waals surface area contributed by atoms with Gasteiger partial charge in [-0.3, -0.25) is 9.69 Å². The molecule has 0 radical (unpaired) electrons. The number of methoxy groups -OCH3 is 1. The summed E-state index contributed by atoms with van der Waals surface area (Å²) in [5.74, 6) is 1.07. The SMILES string of the molecule is COc1cc(/C=C2\SC(=S)N(c3ccc(Cl)cc3)C2=O)ccc1OCc1ccccc1C. The Morgan fingerprint density at radius 2 is 1.81 bits per heavy atom. The maximum Gasteiger partial charge on any atom is 0.270 e. The molecule has 0 saturated carbocycles. The third-order valence-electron chi connectivity index (χ3n) is 5.01. The average Bonchev–Trinajstić information content (AvgIpc) is 3.07. The maximum atomic E-state index is 13.0. The van der Waals surface area contributed by atoms with Crippen molar-refractivity contribution in [3.8, 4) is 11.5 Å². The molecule has 1 aliphatic rings. The number of thiocarbonyl (C=S) groups is 1. The van der Waals surface area contributed by atoms with Crippen LogP contribution in [0.5, 0.6) is 11.5 Å². The monoisotopic (exact) mass is 481 g/mol. The van der Waals surface area contributed by atoms with Gasteiger partial charge in [-0.05, 0) is 66.1 Å². The third-order valence-corrected chi connectivity index (χ3v) is 6.56. The van der Waals surface area contributed by atoms with Crippen molar-refractivity contribution >= 4 is 57.6 Å². The topological polar surface area (TPSA) is 38.8 Å². The molecule has 1 saturated heterocycles. The Balaban J connectivity index is 1.53. The number of carbonyl (C=O) groups excluding carboxylic acids is 1. The summed E-state index contributed by atoms with van der Waals surface area (Å²) in [6, 6.07) is 20.7. The summed E-state index contributed by atoms with van der Waals surface area (Å²) in [7, 11) is 1.60. The van der Waals surface area contributed by atoms with Gasteiger partial charge in [-0.2, -0.15) is 0 Å². The average molecular weight is 482 g/mol. The number of hydrogen-bond acceptors (Lipinski definition) is 5. The van der Waals surface area contributed by atoms with Gasteiger partial charge in [0, 0.05) is 5.02 Å². The lowest BCUT2D eigenvalue weighted by Crippen LogP contribution is -2.27. The molecule has 4 nitrogen and oxygen atoms in total. The van der Waals surface area contributed by atoms with Crippen LogP contribution in [0, 0.1) is 6.92 Å². The summed E-state index contributed by atoms with van der Waals surface area (Å²) >= 11 is 12.7. The fraction of sp³-hybridized carbons (Fsp3) is 0.120. The van der Waals surface area contributed by atoms with Gasteiger partial charge in [0.15, 0.2) is 15.8 Å². The van der Waals surface area contributed by atoms with Crippen LogP contribution in [0.2, 0.25) is 5.02 Å². The van der Waals surface area contributed by atoms with Crippen LogP contribution in [-0.2, 0) is 11.4 Å². The molecule has 0 N–H and O–H groups in total. The highest BCUT2D eigenvalue weighted by molar-refractivity contribution is 8.27. The number of ether oxygens (including phenoxy) is 2. The van der Waals surface area contributed by atoms with E-state index in [1.54, 1.807) is 31.4 Å². The highest BCUT2D eigenvalue weighted by Gasteiger charge is 2.33.